The average molecular weight is 1080 g/mol. The lowest BCUT2D eigenvalue weighted by Crippen LogP contribution is -2.32. The zero-order valence-corrected chi connectivity index (χ0v) is 40.6. The molecule has 0 aliphatic rings. The molecule has 408 valence electrons. The monoisotopic (exact) mass is 1080 g/mol. The number of nitrogen functional groups attached to an aromatic ring is 2. The van der Waals surface area contributed by atoms with Crippen LogP contribution in [0.4, 0.5) is 60.5 Å². The number of aromatic nitrogens is 7. The van der Waals surface area contributed by atoms with Crippen molar-refractivity contribution in [2.45, 2.75) is 90.9 Å². The van der Waals surface area contributed by atoms with E-state index in [1.165, 1.54) is 24.3 Å². The third kappa shape index (κ3) is 17.1. The van der Waals surface area contributed by atoms with Gasteiger partial charge < -0.3 is 66.0 Å². The van der Waals surface area contributed by atoms with Crippen LogP contribution < -0.4 is 27.8 Å². The number of halogens is 9. The average Bonchev–Trinajstić information content (AvgIpc) is 4.16. The Labute approximate surface area is 422 Å². The zero-order valence-electron chi connectivity index (χ0n) is 40.6. The lowest BCUT2D eigenvalue weighted by Gasteiger charge is -2.19. The number of hydrogen-bond donors (Lipinski definition) is 8. The molecule has 2 amide bonds. The largest absolute Gasteiger partial charge is 0.475 e. The molecule has 5 heterocycles. The van der Waals surface area contributed by atoms with E-state index in [-0.39, 0.29) is 59.4 Å². The number of carbonyl (C=O) groups excluding carboxylic acids is 2. The van der Waals surface area contributed by atoms with Gasteiger partial charge >= 0.3 is 36.7 Å². The molecule has 21 nitrogen and oxygen atoms in total. The summed E-state index contributed by atoms with van der Waals surface area (Å²) >= 11 is 0. The van der Waals surface area contributed by atoms with E-state index in [0.29, 0.717) is 39.7 Å². The van der Waals surface area contributed by atoms with Crippen molar-refractivity contribution in [1.29, 1.82) is 0 Å². The SMILES string of the molecule is CC(C)(C)OC(=O)NCc1cc(-c2nc3ccc(C(F)(F)F)cc3[nH]2)on1.CC(C)(C)OC(=O)NCc1cc(C(=O)O)on1.NCc1cc(-c2nc3ccc(C(F)(F)F)cc3[nH]2)on1.Nc1ccc(C(F)(F)F)cc1N. The molecule has 0 aliphatic carbocycles. The fourth-order valence-corrected chi connectivity index (χ4v) is 5.83. The Morgan fingerprint density at radius 3 is 1.34 bits per heavy atom. The highest BCUT2D eigenvalue weighted by Gasteiger charge is 2.33. The summed E-state index contributed by atoms with van der Waals surface area (Å²) in [5.41, 5.74) is 15.0. The number of anilines is 2. The van der Waals surface area contributed by atoms with Gasteiger partial charge in [0.25, 0.3) is 0 Å². The van der Waals surface area contributed by atoms with Gasteiger partial charge in [-0.15, -0.1) is 0 Å². The summed E-state index contributed by atoms with van der Waals surface area (Å²) < 4.78 is 137. The molecule has 8 rings (SSSR count). The van der Waals surface area contributed by atoms with Crippen molar-refractivity contribution in [1.82, 2.24) is 46.0 Å². The highest BCUT2D eigenvalue weighted by Crippen LogP contribution is 2.34. The van der Waals surface area contributed by atoms with E-state index in [0.717, 1.165) is 42.5 Å². The van der Waals surface area contributed by atoms with E-state index in [2.05, 4.69) is 50.6 Å². The van der Waals surface area contributed by atoms with E-state index >= 15 is 0 Å². The summed E-state index contributed by atoms with van der Waals surface area (Å²) in [4.78, 5) is 47.3. The van der Waals surface area contributed by atoms with Crippen molar-refractivity contribution in [2.24, 2.45) is 5.73 Å². The number of alkyl halides is 9. The van der Waals surface area contributed by atoms with Gasteiger partial charge in [0.1, 0.15) is 22.6 Å². The first-order chi connectivity index (χ1) is 35.2. The number of alkyl carbamates (subject to hydrolysis) is 2. The van der Waals surface area contributed by atoms with Crippen LogP contribution in [0.2, 0.25) is 0 Å². The van der Waals surface area contributed by atoms with Crippen LogP contribution in [0, 0.1) is 0 Å². The Balaban J connectivity index is 0.000000195. The molecule has 0 saturated heterocycles. The third-order valence-electron chi connectivity index (χ3n) is 9.22. The number of aromatic amines is 2. The number of nitrogens with two attached hydrogens (primary N) is 3. The number of carbonyl (C=O) groups is 3. The van der Waals surface area contributed by atoms with Crippen LogP contribution in [-0.4, -0.2) is 69.9 Å². The number of aromatic carboxylic acids is 1. The van der Waals surface area contributed by atoms with Crippen molar-refractivity contribution >= 4 is 51.6 Å². The second kappa shape index (κ2) is 23.2. The summed E-state index contributed by atoms with van der Waals surface area (Å²) in [5, 5.41) is 24.5. The molecule has 0 radical (unpaired) electrons. The van der Waals surface area contributed by atoms with Crippen molar-refractivity contribution < 1.29 is 82.0 Å². The standard InChI is InChI=1S/C17H17F3N4O3.C12H9F3N4O.C10H14N2O5.C7H7F3N2/c1-16(2,3)26-15(25)21-8-10-7-13(27-24-10)14-22-11-5-4-9(17(18,19)20)6-12(11)23-14;13-12(14,15)6-1-2-8-9(3-6)18-11(17-8)10-4-7(5-16)19-20-10;1-10(2,3)16-9(15)11-5-6-4-7(8(13)14)17-12-6;8-7(9,10)4-1-2-5(11)6(12)3-4/h4-7H,8H2,1-3H3,(H,21,25)(H,22,23);1-4H,5,16H2,(H,17,18);4H,5H2,1-3H3,(H,11,15)(H,13,14);1-3H,11-12H2. The minimum Gasteiger partial charge on any atom is -0.475 e. The molecule has 0 atom stereocenters. The van der Waals surface area contributed by atoms with E-state index in [1.54, 1.807) is 47.6 Å². The van der Waals surface area contributed by atoms with Crippen molar-refractivity contribution in [3.8, 4) is 23.2 Å². The number of fused-ring (bicyclic) bond motifs is 2. The van der Waals surface area contributed by atoms with E-state index in [9.17, 15) is 53.9 Å². The van der Waals surface area contributed by atoms with Crippen molar-refractivity contribution in [2.75, 3.05) is 11.5 Å². The number of imidazole rings is 2. The minimum atomic E-state index is -4.44. The predicted octanol–water partition coefficient (Wildman–Crippen LogP) is 10.2. The quantitative estimate of drug-likeness (QED) is 0.0518. The number of carboxylic acids is 1. The lowest BCUT2D eigenvalue weighted by molar-refractivity contribution is -0.138. The Morgan fingerprint density at radius 1 is 0.566 bits per heavy atom. The summed E-state index contributed by atoms with van der Waals surface area (Å²) in [6.45, 7) is 10.8. The van der Waals surface area contributed by atoms with Gasteiger partial charge in [-0.05, 0) is 96.1 Å². The van der Waals surface area contributed by atoms with Gasteiger partial charge in [-0.1, -0.05) is 15.5 Å². The zero-order chi connectivity index (χ0) is 56.6. The van der Waals surface area contributed by atoms with Crippen LogP contribution in [0.5, 0.6) is 0 Å². The third-order valence-corrected chi connectivity index (χ3v) is 9.22. The molecular formula is C46H47F9N12O9. The lowest BCUT2D eigenvalue weighted by atomic mass is 10.2. The highest BCUT2D eigenvalue weighted by atomic mass is 19.4. The first-order valence-electron chi connectivity index (χ1n) is 21.8. The summed E-state index contributed by atoms with van der Waals surface area (Å²) in [6, 6.07) is 13.7. The molecule has 3 aromatic carbocycles. The minimum absolute atomic E-state index is 0.0473. The highest BCUT2D eigenvalue weighted by molar-refractivity contribution is 5.84. The fourth-order valence-electron chi connectivity index (χ4n) is 5.83. The molecule has 0 saturated carbocycles. The van der Waals surface area contributed by atoms with Crippen LogP contribution in [0.15, 0.2) is 86.4 Å². The number of benzene rings is 3. The number of nitrogens with one attached hydrogen (secondary N) is 4. The first kappa shape index (κ1) is 58.1. The normalized spacial score (nSPS) is 11.9. The number of nitrogens with zero attached hydrogens (tertiary/aromatic N) is 5. The number of hydrogen-bond acceptors (Lipinski definition) is 16. The molecule has 11 N–H and O–H groups in total. The number of H-pyrrole nitrogens is 2. The Bertz CT molecular complexity index is 3270. The maximum absolute atomic E-state index is 12.8. The summed E-state index contributed by atoms with van der Waals surface area (Å²) in [7, 11) is 0. The van der Waals surface area contributed by atoms with E-state index in [4.69, 9.17) is 40.8 Å². The predicted molar refractivity (Wildman–Crippen MR) is 251 cm³/mol. The van der Waals surface area contributed by atoms with Gasteiger partial charge in [-0.3, -0.25) is 0 Å². The fraction of sp³-hybridized carbons (Fsp3) is 0.304. The molecule has 0 unspecified atom stereocenters. The second-order valence-electron chi connectivity index (χ2n) is 17.7. The van der Waals surface area contributed by atoms with Gasteiger partial charge in [-0.2, -0.15) is 39.5 Å². The molecule has 0 fully saturated rings. The van der Waals surface area contributed by atoms with Crippen LogP contribution in [0.25, 0.3) is 45.2 Å². The smallest absolute Gasteiger partial charge is 0.416 e. The maximum Gasteiger partial charge on any atom is 0.416 e. The molecular weight excluding hydrogens is 1040 g/mol. The molecule has 76 heavy (non-hydrogen) atoms. The molecule has 0 spiro atoms. The molecule has 0 bridgehead atoms. The van der Waals surface area contributed by atoms with Gasteiger partial charge in [-0.25, -0.2) is 24.4 Å². The number of carboxylic acid groups (broad SMARTS) is 1. The Morgan fingerprint density at radius 2 is 0.961 bits per heavy atom. The molecule has 30 heteroatoms. The summed E-state index contributed by atoms with van der Waals surface area (Å²) in [6.07, 6.45) is -14.4. The molecule has 0 aliphatic heterocycles. The molecule has 8 aromatic rings. The van der Waals surface area contributed by atoms with Crippen molar-refractivity contribution in [3.05, 3.63) is 112 Å². The second-order valence-corrected chi connectivity index (χ2v) is 17.7. The maximum atomic E-state index is 12.8. The number of rotatable bonds is 8. The van der Waals surface area contributed by atoms with Crippen LogP contribution in [-0.2, 0) is 47.6 Å². The van der Waals surface area contributed by atoms with Gasteiger partial charge in [0.2, 0.25) is 17.3 Å². The first-order valence-corrected chi connectivity index (χ1v) is 21.8. The Kier molecular flexibility index (Phi) is 17.7. The summed E-state index contributed by atoms with van der Waals surface area (Å²) in [5.74, 6) is -0.366. The van der Waals surface area contributed by atoms with Crippen molar-refractivity contribution in [3.63, 3.8) is 0 Å². The van der Waals surface area contributed by atoms with Gasteiger partial charge in [0.15, 0.2) is 11.6 Å². The number of amides is 2. The van der Waals surface area contributed by atoms with Crippen LogP contribution >= 0.6 is 0 Å². The van der Waals surface area contributed by atoms with Gasteiger partial charge in [0.05, 0.1) is 68.9 Å². The van der Waals surface area contributed by atoms with E-state index in [1.807, 2.05) is 0 Å². The van der Waals surface area contributed by atoms with Gasteiger partial charge in [0, 0.05) is 24.7 Å². The number of ether oxygens (including phenoxy) is 2. The van der Waals surface area contributed by atoms with Crippen LogP contribution in [0.1, 0.15) is 85.9 Å². The van der Waals surface area contributed by atoms with Crippen LogP contribution in [0.3, 0.4) is 0 Å². The van der Waals surface area contributed by atoms with E-state index < -0.39 is 64.6 Å². The molecule has 5 aromatic heterocycles. The topological polar surface area (TPSA) is 327 Å². The Hall–Kier alpha value is -8.83.